The fraction of sp³-hybridized carbons (Fsp3) is 0.158. The summed E-state index contributed by atoms with van der Waals surface area (Å²) in [5.74, 6) is 1.90. The molecule has 0 aliphatic rings. The molecule has 2 aromatic carbocycles. The minimum atomic E-state index is 0.164. The molecule has 0 spiro atoms. The minimum absolute atomic E-state index is 0.164. The number of nitrogen functional groups attached to an aromatic ring is 1. The molecule has 0 aliphatic carbocycles. The number of aromatic nitrogens is 5. The summed E-state index contributed by atoms with van der Waals surface area (Å²) in [4.78, 5) is 17.7. The number of anilines is 3. The van der Waals surface area contributed by atoms with Crippen molar-refractivity contribution in [2.75, 3.05) is 11.1 Å². The largest absolute Gasteiger partial charge is 0.508 e. The molecule has 0 fully saturated rings. The Morgan fingerprint density at radius 1 is 1.04 bits per heavy atom. The quantitative estimate of drug-likeness (QED) is 0.500. The number of aryl methyl sites for hydroxylation is 1. The Labute approximate surface area is 155 Å². The Balaban J connectivity index is 1.88. The maximum Gasteiger partial charge on any atom is 0.242 e. The van der Waals surface area contributed by atoms with Crippen molar-refractivity contribution in [3.8, 4) is 11.7 Å². The van der Waals surface area contributed by atoms with Crippen LogP contribution in [0.2, 0.25) is 0 Å². The van der Waals surface area contributed by atoms with Crippen molar-refractivity contribution < 1.29 is 5.11 Å². The summed E-state index contributed by atoms with van der Waals surface area (Å²) < 4.78 is 1.80. The van der Waals surface area contributed by atoms with Crippen LogP contribution in [0.5, 0.6) is 5.75 Å². The van der Waals surface area contributed by atoms with Crippen LogP contribution in [-0.2, 0) is 6.42 Å². The van der Waals surface area contributed by atoms with Crippen LogP contribution in [0.15, 0.2) is 48.5 Å². The van der Waals surface area contributed by atoms with E-state index in [9.17, 15) is 5.11 Å². The van der Waals surface area contributed by atoms with Crippen molar-refractivity contribution in [3.63, 3.8) is 0 Å². The number of nitrogens with zero attached hydrogens (tertiary/aromatic N) is 5. The van der Waals surface area contributed by atoms with E-state index in [0.717, 1.165) is 17.5 Å². The van der Waals surface area contributed by atoms with E-state index in [0.29, 0.717) is 29.8 Å². The highest BCUT2D eigenvalue weighted by molar-refractivity contribution is 5.81. The summed E-state index contributed by atoms with van der Waals surface area (Å²) in [6.07, 6.45) is 1.61. The van der Waals surface area contributed by atoms with Gasteiger partial charge in [0.1, 0.15) is 11.6 Å². The molecule has 0 radical (unpaired) electrons. The van der Waals surface area contributed by atoms with Crippen LogP contribution in [0.1, 0.15) is 19.2 Å². The zero-order valence-electron chi connectivity index (χ0n) is 14.8. The van der Waals surface area contributed by atoms with Crippen LogP contribution < -0.4 is 11.1 Å². The van der Waals surface area contributed by atoms with Gasteiger partial charge >= 0.3 is 0 Å². The van der Waals surface area contributed by atoms with Crippen molar-refractivity contribution in [2.24, 2.45) is 0 Å². The normalized spacial score (nSPS) is 11.0. The van der Waals surface area contributed by atoms with E-state index in [1.165, 1.54) is 0 Å². The first kappa shape index (κ1) is 16.8. The third kappa shape index (κ3) is 3.37. The lowest BCUT2D eigenvalue weighted by Crippen LogP contribution is -2.11. The second-order valence-electron chi connectivity index (χ2n) is 6.09. The van der Waals surface area contributed by atoms with E-state index in [1.54, 1.807) is 22.8 Å². The highest BCUT2D eigenvalue weighted by Crippen LogP contribution is 2.27. The Hall–Kier alpha value is -3.68. The summed E-state index contributed by atoms with van der Waals surface area (Å²) in [6.45, 7) is 2.06. The van der Waals surface area contributed by atoms with Gasteiger partial charge in [0.2, 0.25) is 17.8 Å². The van der Waals surface area contributed by atoms with Gasteiger partial charge in [0, 0.05) is 18.2 Å². The summed E-state index contributed by atoms with van der Waals surface area (Å²) in [7, 11) is 0. The first-order valence-electron chi connectivity index (χ1n) is 8.68. The van der Waals surface area contributed by atoms with Crippen LogP contribution in [0, 0.1) is 0 Å². The van der Waals surface area contributed by atoms with Crippen molar-refractivity contribution >= 4 is 28.6 Å². The zero-order valence-corrected chi connectivity index (χ0v) is 14.8. The number of imidazole rings is 1. The molecule has 27 heavy (non-hydrogen) atoms. The Morgan fingerprint density at radius 3 is 2.70 bits per heavy atom. The number of phenolic OH excluding ortho intramolecular Hbond substituents is 1. The molecule has 0 amide bonds. The van der Waals surface area contributed by atoms with E-state index in [-0.39, 0.29) is 11.7 Å². The third-order valence-electron chi connectivity index (χ3n) is 4.02. The summed E-state index contributed by atoms with van der Waals surface area (Å²) >= 11 is 0. The number of benzene rings is 2. The average Bonchev–Trinajstić information content (AvgIpc) is 2.99. The van der Waals surface area contributed by atoms with E-state index in [4.69, 9.17) is 5.73 Å². The number of rotatable bonds is 5. The van der Waals surface area contributed by atoms with Gasteiger partial charge in [-0.2, -0.15) is 15.0 Å². The molecule has 4 aromatic rings. The number of aromatic hydroxyl groups is 1. The van der Waals surface area contributed by atoms with Crippen molar-refractivity contribution in [3.05, 3.63) is 54.4 Å². The van der Waals surface area contributed by atoms with E-state index < -0.39 is 0 Å². The van der Waals surface area contributed by atoms with E-state index >= 15 is 0 Å². The topological polar surface area (TPSA) is 115 Å². The Morgan fingerprint density at radius 2 is 1.89 bits per heavy atom. The number of hydrogen-bond acceptors (Lipinski definition) is 7. The van der Waals surface area contributed by atoms with Gasteiger partial charge in [-0.3, -0.25) is 0 Å². The molecule has 8 nitrogen and oxygen atoms in total. The van der Waals surface area contributed by atoms with Crippen LogP contribution in [0.4, 0.5) is 17.6 Å². The van der Waals surface area contributed by atoms with Crippen LogP contribution in [-0.4, -0.2) is 29.6 Å². The molecule has 136 valence electrons. The molecule has 4 rings (SSSR count). The molecule has 0 aliphatic heterocycles. The second kappa shape index (κ2) is 6.91. The van der Waals surface area contributed by atoms with Crippen molar-refractivity contribution in [2.45, 2.75) is 19.8 Å². The maximum absolute atomic E-state index is 9.73. The summed E-state index contributed by atoms with van der Waals surface area (Å²) in [6, 6.07) is 14.5. The predicted octanol–water partition coefficient (Wildman–Crippen LogP) is 3.19. The third-order valence-corrected chi connectivity index (χ3v) is 4.02. The van der Waals surface area contributed by atoms with Crippen LogP contribution >= 0.6 is 0 Å². The minimum Gasteiger partial charge on any atom is -0.508 e. The van der Waals surface area contributed by atoms with E-state index in [2.05, 4.69) is 32.2 Å². The first-order chi connectivity index (χ1) is 13.1. The summed E-state index contributed by atoms with van der Waals surface area (Å²) in [5, 5.41) is 13.0. The molecule has 0 unspecified atom stereocenters. The molecule has 0 saturated heterocycles. The van der Waals surface area contributed by atoms with Crippen molar-refractivity contribution in [1.82, 2.24) is 24.5 Å². The van der Waals surface area contributed by atoms with Gasteiger partial charge < -0.3 is 16.2 Å². The molecular formula is C19H19N7O. The fourth-order valence-electron chi connectivity index (χ4n) is 2.89. The highest BCUT2D eigenvalue weighted by atomic mass is 16.3. The van der Waals surface area contributed by atoms with Crippen LogP contribution in [0.3, 0.4) is 0 Å². The maximum atomic E-state index is 9.73. The summed E-state index contributed by atoms with van der Waals surface area (Å²) in [5.41, 5.74) is 8.24. The standard InChI is InChI=1S/C19H19N7O/c1-2-6-16-23-17(20)25-19(24-16)26-15-10-4-3-9-14(15)22-18(26)21-12-7-5-8-13(27)11-12/h3-5,7-11,27H,2,6H2,1H3,(H,21,22)(H2,20,23,24,25). The molecular weight excluding hydrogens is 342 g/mol. The molecule has 8 heteroatoms. The number of fused-ring (bicyclic) bond motifs is 1. The van der Waals surface area contributed by atoms with Gasteiger partial charge in [0.25, 0.3) is 0 Å². The van der Waals surface area contributed by atoms with Gasteiger partial charge in [0.15, 0.2) is 0 Å². The molecule has 4 N–H and O–H groups in total. The van der Waals surface area contributed by atoms with Gasteiger partial charge in [-0.15, -0.1) is 0 Å². The average molecular weight is 361 g/mol. The second-order valence-corrected chi connectivity index (χ2v) is 6.09. The molecule has 0 atom stereocenters. The molecule has 0 bridgehead atoms. The lowest BCUT2D eigenvalue weighted by molar-refractivity contribution is 0.475. The van der Waals surface area contributed by atoms with Crippen molar-refractivity contribution in [1.29, 1.82) is 0 Å². The predicted molar refractivity (Wildman–Crippen MR) is 104 cm³/mol. The SMILES string of the molecule is CCCc1nc(N)nc(-n2c(Nc3cccc(O)c3)nc3ccccc32)n1. The molecule has 2 heterocycles. The Bertz CT molecular complexity index is 1110. The van der Waals surface area contributed by atoms with Crippen LogP contribution in [0.25, 0.3) is 17.0 Å². The number of nitrogens with two attached hydrogens (primary N) is 1. The number of hydrogen-bond donors (Lipinski definition) is 3. The lowest BCUT2D eigenvalue weighted by Gasteiger charge is -2.11. The van der Waals surface area contributed by atoms with Gasteiger partial charge in [-0.05, 0) is 30.7 Å². The number of phenols is 1. The molecule has 0 saturated carbocycles. The molecule has 2 aromatic heterocycles. The lowest BCUT2D eigenvalue weighted by atomic mass is 10.3. The van der Waals surface area contributed by atoms with E-state index in [1.807, 2.05) is 30.3 Å². The monoisotopic (exact) mass is 361 g/mol. The first-order valence-corrected chi connectivity index (χ1v) is 8.68. The number of para-hydroxylation sites is 2. The van der Waals surface area contributed by atoms with Gasteiger partial charge in [-0.25, -0.2) is 9.55 Å². The number of nitrogens with one attached hydrogen (secondary N) is 1. The van der Waals surface area contributed by atoms with Gasteiger partial charge in [0.05, 0.1) is 11.0 Å². The van der Waals surface area contributed by atoms with Gasteiger partial charge in [-0.1, -0.05) is 25.1 Å². The zero-order chi connectivity index (χ0) is 18.8. The smallest absolute Gasteiger partial charge is 0.242 e. The fourth-order valence-corrected chi connectivity index (χ4v) is 2.89. The highest BCUT2D eigenvalue weighted by Gasteiger charge is 2.16. The Kier molecular flexibility index (Phi) is 4.29.